The molecule has 156 valence electrons. The summed E-state index contributed by atoms with van der Waals surface area (Å²) in [6, 6.07) is 28.3. The van der Waals surface area contributed by atoms with Gasteiger partial charge in [-0.15, -0.1) is 0 Å². The topological polar surface area (TPSA) is 49.0 Å². The lowest BCUT2D eigenvalue weighted by molar-refractivity contribution is 0.373. The predicted octanol–water partition coefficient (Wildman–Crippen LogP) is 6.50. The van der Waals surface area contributed by atoms with Crippen molar-refractivity contribution in [3.8, 4) is 34.5 Å². The first-order valence-corrected chi connectivity index (χ1v) is 11.6. The summed E-state index contributed by atoms with van der Waals surface area (Å²) in [7, 11) is 0.426. The molecule has 0 amide bonds. The molecule has 32 heavy (non-hydrogen) atoms. The Hall–Kier alpha value is -3.53. The van der Waals surface area contributed by atoms with E-state index in [4.69, 9.17) is 18.5 Å². The van der Waals surface area contributed by atoms with E-state index in [1.165, 1.54) is 0 Å². The lowest BCUT2D eigenvalue weighted by Gasteiger charge is -2.46. The molecule has 3 heterocycles. The van der Waals surface area contributed by atoms with Gasteiger partial charge in [-0.2, -0.15) is 0 Å². The van der Waals surface area contributed by atoms with Crippen LogP contribution in [0, 0.1) is 0 Å². The van der Waals surface area contributed by atoms with Crippen LogP contribution in [0.2, 0.25) is 0 Å². The molecule has 6 heteroatoms. The van der Waals surface area contributed by atoms with Gasteiger partial charge in [0.25, 0.3) is 0 Å². The largest absolute Gasteiger partial charge is 0.457 e. The molecule has 3 aliphatic heterocycles. The Balaban J connectivity index is 1.73. The van der Waals surface area contributed by atoms with E-state index in [1.807, 2.05) is 79.8 Å². The number of benzene rings is 4. The number of hydrogen-bond acceptors (Lipinski definition) is 5. The quantitative estimate of drug-likeness (QED) is 0.297. The molecule has 0 atom stereocenters. The van der Waals surface area contributed by atoms with E-state index in [0.717, 1.165) is 56.8 Å². The average molecular weight is 439 g/mol. The van der Waals surface area contributed by atoms with Gasteiger partial charge in [-0.3, -0.25) is 0 Å². The van der Waals surface area contributed by atoms with Gasteiger partial charge in [-0.25, -0.2) is 5.09 Å². The van der Waals surface area contributed by atoms with Crippen molar-refractivity contribution in [2.24, 2.45) is 0 Å². The molecule has 3 aliphatic rings. The van der Waals surface area contributed by atoms with Gasteiger partial charge in [0.05, 0.1) is 16.5 Å². The Morgan fingerprint density at radius 1 is 0.562 bits per heavy atom. The smallest absolute Gasteiger partial charge is 0.381 e. The molecule has 0 aliphatic carbocycles. The fourth-order valence-electron chi connectivity index (χ4n) is 5.15. The highest BCUT2D eigenvalue weighted by Gasteiger charge is 2.54. The third kappa shape index (κ3) is 2.19. The highest BCUT2D eigenvalue weighted by Crippen LogP contribution is 2.66. The average Bonchev–Trinajstić information content (AvgIpc) is 2.82. The number of nitrogens with one attached hydrogen (secondary N) is 1. The molecule has 4 aromatic rings. The van der Waals surface area contributed by atoms with Crippen molar-refractivity contribution in [1.29, 1.82) is 0 Å². The maximum absolute atomic E-state index is 6.44. The van der Waals surface area contributed by atoms with Crippen molar-refractivity contribution >= 4 is 8.53 Å². The lowest BCUT2D eigenvalue weighted by Crippen LogP contribution is -2.38. The fraction of sp³-hybridized carbons (Fsp3) is 0.0769. The molecule has 7 rings (SSSR count). The van der Waals surface area contributed by atoms with Gasteiger partial charge >= 0.3 is 8.53 Å². The summed E-state index contributed by atoms with van der Waals surface area (Å²) in [5.74, 6) is 4.62. The summed E-state index contributed by atoms with van der Waals surface area (Å²) in [4.78, 5) is 0. The summed E-state index contributed by atoms with van der Waals surface area (Å²) in [5, 5.41) is 3.17. The molecular weight excluding hydrogens is 421 g/mol. The Morgan fingerprint density at radius 2 is 1.00 bits per heavy atom. The van der Waals surface area contributed by atoms with Crippen molar-refractivity contribution in [1.82, 2.24) is 5.09 Å². The molecule has 0 fully saturated rings. The van der Waals surface area contributed by atoms with Crippen LogP contribution >= 0.6 is 8.53 Å². The standard InChI is InChI=1S/C26H18NO4P/c1-27-32-30-22-14-6-12-20-24(22)26(16-8-2-4-10-18(16)28-20)17-9-3-5-11-19(17)29-21-13-7-15-23(31-32)25(21)26/h2-15,27H,1H3. The Kier molecular flexibility index (Phi) is 3.67. The first-order valence-electron chi connectivity index (χ1n) is 10.5. The monoisotopic (exact) mass is 439 g/mol. The van der Waals surface area contributed by atoms with Crippen LogP contribution in [0.25, 0.3) is 0 Å². The number of rotatable bonds is 1. The molecule has 1 spiro atoms. The van der Waals surface area contributed by atoms with Crippen molar-refractivity contribution in [2.75, 3.05) is 7.05 Å². The summed E-state index contributed by atoms with van der Waals surface area (Å²) in [6.07, 6.45) is 0. The van der Waals surface area contributed by atoms with Gasteiger partial charge in [0.2, 0.25) is 0 Å². The predicted molar refractivity (Wildman–Crippen MR) is 122 cm³/mol. The van der Waals surface area contributed by atoms with Gasteiger partial charge in [0.15, 0.2) is 0 Å². The minimum absolute atomic E-state index is 0.712. The van der Waals surface area contributed by atoms with E-state index in [0.29, 0.717) is 0 Å². The zero-order valence-corrected chi connectivity index (χ0v) is 18.1. The highest BCUT2D eigenvalue weighted by atomic mass is 31.2. The minimum Gasteiger partial charge on any atom is -0.457 e. The van der Waals surface area contributed by atoms with E-state index in [2.05, 4.69) is 17.2 Å². The lowest BCUT2D eigenvalue weighted by atomic mass is 9.62. The zero-order chi connectivity index (χ0) is 21.3. The first-order chi connectivity index (χ1) is 15.8. The van der Waals surface area contributed by atoms with Crippen LogP contribution in [0.3, 0.4) is 0 Å². The normalized spacial score (nSPS) is 16.3. The Morgan fingerprint density at radius 3 is 1.50 bits per heavy atom. The maximum Gasteiger partial charge on any atom is 0.381 e. The number of para-hydroxylation sites is 2. The van der Waals surface area contributed by atoms with Crippen LogP contribution < -0.4 is 23.6 Å². The molecule has 0 saturated carbocycles. The molecule has 0 saturated heterocycles. The highest BCUT2D eigenvalue weighted by molar-refractivity contribution is 7.45. The second-order valence-corrected chi connectivity index (χ2v) is 9.19. The van der Waals surface area contributed by atoms with Crippen molar-refractivity contribution < 1.29 is 18.5 Å². The molecule has 4 aromatic carbocycles. The second-order valence-electron chi connectivity index (χ2n) is 7.87. The van der Waals surface area contributed by atoms with Gasteiger partial charge in [0.1, 0.15) is 34.5 Å². The van der Waals surface area contributed by atoms with Crippen LogP contribution in [-0.2, 0) is 5.41 Å². The Labute approximate surface area is 186 Å². The molecule has 0 bridgehead atoms. The van der Waals surface area contributed by atoms with Crippen LogP contribution in [0.4, 0.5) is 0 Å². The maximum atomic E-state index is 6.44. The van der Waals surface area contributed by atoms with Gasteiger partial charge in [-0.05, 0) is 43.4 Å². The van der Waals surface area contributed by atoms with E-state index < -0.39 is 13.9 Å². The minimum atomic E-state index is -1.41. The third-order valence-corrected chi connectivity index (χ3v) is 7.38. The van der Waals surface area contributed by atoms with Gasteiger partial charge in [-0.1, -0.05) is 48.5 Å². The summed E-state index contributed by atoms with van der Waals surface area (Å²) in [6.45, 7) is 0. The number of ether oxygens (including phenoxy) is 2. The first kappa shape index (κ1) is 18.1. The van der Waals surface area contributed by atoms with Gasteiger partial charge in [0, 0.05) is 11.1 Å². The Bertz CT molecular complexity index is 1300. The molecule has 0 unspecified atom stereocenters. The molecule has 0 aromatic heterocycles. The third-order valence-electron chi connectivity index (χ3n) is 6.29. The number of hydrogen-bond donors (Lipinski definition) is 1. The SMILES string of the molecule is CNP1Oc2cccc3c2C2(c4ccccc4O3)c3ccccc3Oc3cccc(c32)O1. The fourth-order valence-corrected chi connectivity index (χ4v) is 6.03. The van der Waals surface area contributed by atoms with E-state index in [9.17, 15) is 0 Å². The van der Waals surface area contributed by atoms with Crippen LogP contribution in [-0.4, -0.2) is 7.05 Å². The summed E-state index contributed by atoms with van der Waals surface area (Å²) < 4.78 is 25.7. The molecular formula is C26H18NO4P. The van der Waals surface area contributed by atoms with E-state index in [-0.39, 0.29) is 0 Å². The van der Waals surface area contributed by atoms with E-state index >= 15 is 0 Å². The van der Waals surface area contributed by atoms with Crippen LogP contribution in [0.15, 0.2) is 84.9 Å². The second kappa shape index (κ2) is 6.49. The summed E-state index contributed by atoms with van der Waals surface area (Å²) in [5.41, 5.74) is 3.29. The van der Waals surface area contributed by atoms with Gasteiger partial charge < -0.3 is 18.5 Å². The van der Waals surface area contributed by atoms with Crippen molar-refractivity contribution in [3.63, 3.8) is 0 Å². The van der Waals surface area contributed by atoms with Crippen molar-refractivity contribution in [2.45, 2.75) is 5.41 Å². The molecule has 5 nitrogen and oxygen atoms in total. The summed E-state index contributed by atoms with van der Waals surface area (Å²) >= 11 is 0. The van der Waals surface area contributed by atoms with Crippen LogP contribution in [0.5, 0.6) is 34.5 Å². The van der Waals surface area contributed by atoms with E-state index in [1.54, 1.807) is 0 Å². The molecule has 0 radical (unpaired) electrons. The molecule has 1 N–H and O–H groups in total. The van der Waals surface area contributed by atoms with Crippen molar-refractivity contribution in [3.05, 3.63) is 107 Å². The van der Waals surface area contributed by atoms with Crippen LogP contribution in [0.1, 0.15) is 22.3 Å². The zero-order valence-electron chi connectivity index (χ0n) is 17.2. The number of fused-ring (bicyclic) bond motifs is 2.